The number of aromatic hydroxyl groups is 1. The molecule has 0 spiro atoms. The number of H-pyrrole nitrogens is 1. The number of rotatable bonds is 11. The maximum absolute atomic E-state index is 12.8. The summed E-state index contributed by atoms with van der Waals surface area (Å²) in [5.41, 5.74) is 1.27. The van der Waals surface area contributed by atoms with Gasteiger partial charge in [0.25, 0.3) is 5.56 Å². The van der Waals surface area contributed by atoms with E-state index < -0.39 is 5.56 Å². The van der Waals surface area contributed by atoms with Crippen LogP contribution in [0.1, 0.15) is 64.9 Å². The summed E-state index contributed by atoms with van der Waals surface area (Å²) in [4.78, 5) is 33.8. The van der Waals surface area contributed by atoms with Gasteiger partial charge in [0.1, 0.15) is 5.56 Å². The predicted molar refractivity (Wildman–Crippen MR) is 137 cm³/mol. The number of aromatic nitrogens is 2. The molecule has 2 aromatic rings. The van der Waals surface area contributed by atoms with Gasteiger partial charge in [-0.15, -0.1) is 0 Å². The second-order valence-corrected chi connectivity index (χ2v) is 8.93. The van der Waals surface area contributed by atoms with E-state index in [1.54, 1.807) is 22.5 Å². The summed E-state index contributed by atoms with van der Waals surface area (Å²) in [6.07, 6.45) is 7.61. The summed E-state index contributed by atoms with van der Waals surface area (Å²) in [7, 11) is 0. The number of nitrogens with one attached hydrogen (secondary N) is 1. The van der Waals surface area contributed by atoms with E-state index in [9.17, 15) is 14.7 Å². The van der Waals surface area contributed by atoms with Crippen LogP contribution in [-0.4, -0.2) is 38.6 Å². The van der Waals surface area contributed by atoms with E-state index >= 15 is 0 Å². The van der Waals surface area contributed by atoms with E-state index in [0.717, 1.165) is 41.8 Å². The summed E-state index contributed by atoms with van der Waals surface area (Å²) in [6.45, 7) is 7.39. The van der Waals surface area contributed by atoms with Gasteiger partial charge in [-0.05, 0) is 49.7 Å². The van der Waals surface area contributed by atoms with Crippen molar-refractivity contribution in [1.82, 2.24) is 14.5 Å². The minimum absolute atomic E-state index is 0.0203. The number of hydrogen-bond donors (Lipinski definition) is 2. The molecule has 8 heteroatoms. The van der Waals surface area contributed by atoms with Gasteiger partial charge < -0.3 is 10.0 Å². The van der Waals surface area contributed by atoms with Crippen molar-refractivity contribution in [2.45, 2.75) is 65.8 Å². The van der Waals surface area contributed by atoms with E-state index in [1.165, 1.54) is 6.42 Å². The second-order valence-electron chi connectivity index (χ2n) is 8.55. The van der Waals surface area contributed by atoms with Crippen molar-refractivity contribution in [1.29, 1.82) is 0 Å². The van der Waals surface area contributed by atoms with Gasteiger partial charge in [0, 0.05) is 31.8 Å². The molecule has 1 aliphatic heterocycles. The highest BCUT2D eigenvalue weighted by atomic mass is 32.1. The fraction of sp³-hybridized carbons (Fsp3) is 0.462. The smallest absolute Gasteiger partial charge is 0.262 e. The summed E-state index contributed by atoms with van der Waals surface area (Å²) in [5, 5.41) is 12.8. The van der Waals surface area contributed by atoms with Crippen molar-refractivity contribution in [3.05, 3.63) is 61.2 Å². The van der Waals surface area contributed by atoms with Crippen LogP contribution in [0.5, 0.6) is 5.88 Å². The molecule has 0 radical (unpaired) electrons. The lowest BCUT2D eigenvalue weighted by Gasteiger charge is -2.19. The third-order valence-corrected chi connectivity index (χ3v) is 6.53. The third kappa shape index (κ3) is 5.91. The lowest BCUT2D eigenvalue weighted by molar-refractivity contribution is -0.128. The van der Waals surface area contributed by atoms with Crippen molar-refractivity contribution >= 4 is 29.8 Å². The number of carbonyl (C=O) groups is 1. The number of allylic oxidation sites excluding steroid dienone is 1. The number of aromatic amines is 1. The van der Waals surface area contributed by atoms with Gasteiger partial charge in [0.05, 0.1) is 11.1 Å². The number of hydrogen-bond acceptors (Lipinski definition) is 5. The molecule has 1 aromatic carbocycles. The van der Waals surface area contributed by atoms with Crippen molar-refractivity contribution in [2.75, 3.05) is 13.1 Å². The average molecular weight is 483 g/mol. The first kappa shape index (κ1) is 25.6. The second kappa shape index (κ2) is 11.9. The number of para-hydroxylation sites is 1. The fourth-order valence-electron chi connectivity index (χ4n) is 4.25. The highest BCUT2D eigenvalue weighted by Crippen LogP contribution is 2.24. The van der Waals surface area contributed by atoms with E-state index in [1.807, 2.05) is 31.2 Å². The monoisotopic (exact) mass is 482 g/mol. The molecule has 0 bridgehead atoms. The Kier molecular flexibility index (Phi) is 8.98. The molecule has 182 valence electrons. The molecule has 0 saturated heterocycles. The van der Waals surface area contributed by atoms with Crippen molar-refractivity contribution in [3.63, 3.8) is 0 Å². The number of nitrogens with zero attached hydrogens (tertiary/aromatic N) is 3. The molecule has 0 fully saturated rings. The van der Waals surface area contributed by atoms with Crippen LogP contribution in [0, 0.1) is 4.77 Å². The Morgan fingerprint density at radius 2 is 1.94 bits per heavy atom. The molecule has 34 heavy (non-hydrogen) atoms. The molecule has 1 aliphatic rings. The van der Waals surface area contributed by atoms with Crippen LogP contribution in [0.3, 0.4) is 0 Å². The average Bonchev–Trinajstić information content (AvgIpc) is 3.15. The highest BCUT2D eigenvalue weighted by Gasteiger charge is 2.18. The summed E-state index contributed by atoms with van der Waals surface area (Å²) < 4.78 is 1.81. The molecule has 1 aromatic heterocycles. The molecule has 0 atom stereocenters. The van der Waals surface area contributed by atoms with Gasteiger partial charge in [-0.25, -0.2) is 4.99 Å². The minimum atomic E-state index is -0.443. The predicted octanol–water partition coefficient (Wildman–Crippen LogP) is 3.67. The Morgan fingerprint density at radius 3 is 2.65 bits per heavy atom. The lowest BCUT2D eigenvalue weighted by atomic mass is 10.1. The van der Waals surface area contributed by atoms with Gasteiger partial charge in [-0.3, -0.25) is 19.1 Å². The van der Waals surface area contributed by atoms with Crippen LogP contribution in [0.4, 0.5) is 0 Å². The zero-order valence-electron chi connectivity index (χ0n) is 20.3. The first-order valence-corrected chi connectivity index (χ1v) is 12.5. The standard InChI is InChI=1S/C26H34N4O3S/c1-4-6-7-8-11-15-30-25(33)21(24(32)28-26(30)34)17-23-20(14-16-29(5-2)18(3)31)19-12-9-10-13-22(19)27-23/h9-10,12-13,17,33H,4-8,11,14-16H2,1-3H3,(H,28,32,34)/b23-17-. The van der Waals surface area contributed by atoms with E-state index in [2.05, 4.69) is 11.9 Å². The van der Waals surface area contributed by atoms with Crippen molar-refractivity contribution in [3.8, 4) is 5.88 Å². The van der Waals surface area contributed by atoms with E-state index in [-0.39, 0.29) is 22.1 Å². The third-order valence-electron chi connectivity index (χ3n) is 6.21. The minimum Gasteiger partial charge on any atom is -0.494 e. The Labute approximate surface area is 205 Å². The summed E-state index contributed by atoms with van der Waals surface area (Å²) in [5.74, 6) is -0.117. The first-order chi connectivity index (χ1) is 16.4. The normalized spacial score (nSPS) is 13.7. The van der Waals surface area contributed by atoms with E-state index in [0.29, 0.717) is 31.8 Å². The lowest BCUT2D eigenvalue weighted by Crippen LogP contribution is -2.30. The van der Waals surface area contributed by atoms with Crippen LogP contribution in [-0.2, 0) is 11.3 Å². The molecule has 2 N–H and O–H groups in total. The molecule has 0 unspecified atom stereocenters. The zero-order chi connectivity index (χ0) is 24.7. The van der Waals surface area contributed by atoms with Crippen LogP contribution in [0.15, 0.2) is 39.7 Å². The van der Waals surface area contributed by atoms with Crippen LogP contribution < -0.4 is 16.1 Å². The van der Waals surface area contributed by atoms with Crippen LogP contribution in [0.2, 0.25) is 0 Å². The molecule has 2 heterocycles. The Bertz CT molecular complexity index is 1310. The van der Waals surface area contributed by atoms with Gasteiger partial charge >= 0.3 is 0 Å². The number of fused-ring (bicyclic) bond motifs is 1. The first-order valence-electron chi connectivity index (χ1n) is 12.1. The van der Waals surface area contributed by atoms with E-state index in [4.69, 9.17) is 17.2 Å². The molecule has 7 nitrogen and oxygen atoms in total. The molecular weight excluding hydrogens is 448 g/mol. The number of amides is 1. The van der Waals surface area contributed by atoms with Gasteiger partial charge in [-0.2, -0.15) is 0 Å². The molecule has 0 saturated carbocycles. The number of benzene rings is 1. The van der Waals surface area contributed by atoms with Crippen LogP contribution in [0.25, 0.3) is 11.6 Å². The topological polar surface area (TPSA) is 90.7 Å². The van der Waals surface area contributed by atoms with Gasteiger partial charge in [-0.1, -0.05) is 50.8 Å². The molecule has 1 amide bonds. The number of carbonyl (C=O) groups excluding carboxylic acids is 1. The Balaban J connectivity index is 1.98. The zero-order valence-corrected chi connectivity index (χ0v) is 21.1. The molecule has 3 rings (SSSR count). The summed E-state index contributed by atoms with van der Waals surface area (Å²) in [6, 6.07) is 7.78. The maximum atomic E-state index is 12.8. The summed E-state index contributed by atoms with van der Waals surface area (Å²) >= 11 is 5.32. The fourth-order valence-corrected chi connectivity index (χ4v) is 4.52. The Morgan fingerprint density at radius 1 is 1.21 bits per heavy atom. The Hall–Kier alpha value is -3.00. The molecular formula is C26H34N4O3S. The van der Waals surface area contributed by atoms with Crippen LogP contribution >= 0.6 is 12.2 Å². The largest absolute Gasteiger partial charge is 0.494 e. The molecule has 0 aliphatic carbocycles. The highest BCUT2D eigenvalue weighted by molar-refractivity contribution is 7.71. The maximum Gasteiger partial charge on any atom is 0.262 e. The van der Waals surface area contributed by atoms with Gasteiger partial charge in [0.15, 0.2) is 4.77 Å². The SMILES string of the molecule is CCCCCCCn1c(O)c(/C=C2\N=c3ccccc3=C2CCN(CC)C(C)=O)c(=O)[nH]c1=S. The number of unbranched alkanes of at least 4 members (excludes halogenated alkanes) is 4. The van der Waals surface area contributed by atoms with Crippen molar-refractivity contribution in [2.24, 2.45) is 4.99 Å². The van der Waals surface area contributed by atoms with Crippen molar-refractivity contribution < 1.29 is 9.90 Å². The van der Waals surface area contributed by atoms with Gasteiger partial charge in [0.2, 0.25) is 11.8 Å². The quantitative estimate of drug-likeness (QED) is 0.378.